The second-order valence-electron chi connectivity index (χ2n) is 4.37. The van der Waals surface area contributed by atoms with E-state index in [1.807, 2.05) is 0 Å². The zero-order chi connectivity index (χ0) is 13.1. The van der Waals surface area contributed by atoms with Crippen LogP contribution in [0.2, 0.25) is 0 Å². The third-order valence-electron chi connectivity index (χ3n) is 3.30. The third kappa shape index (κ3) is 2.47. The second kappa shape index (κ2) is 5.89. The van der Waals surface area contributed by atoms with Crippen LogP contribution in [0, 0.1) is 5.82 Å². The fraction of sp³-hybridized carbons (Fsp3) is 0.538. The maximum Gasteiger partial charge on any atom is 0.172 e. The summed E-state index contributed by atoms with van der Waals surface area (Å²) in [5, 5.41) is 3.33. The molecule has 0 aliphatic carbocycles. The smallest absolute Gasteiger partial charge is 0.172 e. The van der Waals surface area contributed by atoms with E-state index in [-0.39, 0.29) is 17.5 Å². The largest absolute Gasteiger partial charge is 0.495 e. The summed E-state index contributed by atoms with van der Waals surface area (Å²) in [7, 11) is 3.04. The van der Waals surface area contributed by atoms with Crippen LogP contribution in [0.1, 0.15) is 24.3 Å². The van der Waals surface area contributed by atoms with Crippen LogP contribution in [0.15, 0.2) is 10.5 Å². The van der Waals surface area contributed by atoms with E-state index >= 15 is 0 Å². The topological polar surface area (TPSA) is 30.5 Å². The van der Waals surface area contributed by atoms with E-state index in [0.29, 0.717) is 10.2 Å². The van der Waals surface area contributed by atoms with Gasteiger partial charge in [0, 0.05) is 18.0 Å². The van der Waals surface area contributed by atoms with Gasteiger partial charge < -0.3 is 14.8 Å². The van der Waals surface area contributed by atoms with E-state index in [1.54, 1.807) is 7.11 Å². The number of hydrogen-bond acceptors (Lipinski definition) is 3. The normalized spacial score (nSPS) is 19.7. The highest BCUT2D eigenvalue weighted by Crippen LogP contribution is 2.43. The Labute approximate surface area is 115 Å². The summed E-state index contributed by atoms with van der Waals surface area (Å²) in [5.74, 6) is 0.789. The van der Waals surface area contributed by atoms with Crippen LogP contribution in [0.5, 0.6) is 11.5 Å². The van der Waals surface area contributed by atoms with E-state index in [2.05, 4.69) is 21.2 Å². The van der Waals surface area contributed by atoms with Crippen molar-refractivity contribution < 1.29 is 13.9 Å². The monoisotopic (exact) mass is 317 g/mol. The molecule has 1 aliphatic rings. The van der Waals surface area contributed by atoms with Gasteiger partial charge >= 0.3 is 0 Å². The van der Waals surface area contributed by atoms with Crippen molar-refractivity contribution >= 4 is 15.9 Å². The maximum atomic E-state index is 14.0. The minimum absolute atomic E-state index is 0.194. The number of nitrogens with one attached hydrogen (secondary N) is 1. The molecule has 0 amide bonds. The van der Waals surface area contributed by atoms with Crippen LogP contribution in [-0.2, 0) is 0 Å². The van der Waals surface area contributed by atoms with Gasteiger partial charge in [-0.1, -0.05) is 0 Å². The molecule has 1 saturated heterocycles. The Morgan fingerprint density at radius 1 is 1.33 bits per heavy atom. The first-order chi connectivity index (χ1) is 8.69. The van der Waals surface area contributed by atoms with Crippen LogP contribution in [-0.4, -0.2) is 27.3 Å². The second-order valence-corrected chi connectivity index (χ2v) is 5.16. The summed E-state index contributed by atoms with van der Waals surface area (Å²) < 4.78 is 24.9. The number of benzene rings is 1. The third-order valence-corrected chi connectivity index (χ3v) is 4.03. The molecule has 1 fully saturated rings. The Bertz CT molecular complexity index is 433. The summed E-state index contributed by atoms with van der Waals surface area (Å²) in [6, 6.07) is 1.53. The lowest BCUT2D eigenvalue weighted by atomic mass is 9.91. The Balaban J connectivity index is 2.45. The van der Waals surface area contributed by atoms with Crippen molar-refractivity contribution in [2.45, 2.75) is 18.8 Å². The van der Waals surface area contributed by atoms with Gasteiger partial charge in [-0.15, -0.1) is 0 Å². The van der Waals surface area contributed by atoms with Gasteiger partial charge in [-0.2, -0.15) is 0 Å². The van der Waals surface area contributed by atoms with Crippen LogP contribution < -0.4 is 14.8 Å². The summed E-state index contributed by atoms with van der Waals surface area (Å²) in [6.45, 7) is 1.88. The molecule has 3 nitrogen and oxygen atoms in total. The quantitative estimate of drug-likeness (QED) is 0.929. The average molecular weight is 318 g/mol. The fourth-order valence-electron chi connectivity index (χ4n) is 2.42. The Hall–Kier alpha value is -0.810. The lowest BCUT2D eigenvalue weighted by molar-refractivity contribution is 0.359. The van der Waals surface area contributed by atoms with Gasteiger partial charge in [0.05, 0.1) is 14.2 Å². The van der Waals surface area contributed by atoms with E-state index in [4.69, 9.17) is 9.47 Å². The Morgan fingerprint density at radius 3 is 2.61 bits per heavy atom. The predicted molar refractivity (Wildman–Crippen MR) is 72.0 cm³/mol. The molecule has 2 rings (SSSR count). The zero-order valence-corrected chi connectivity index (χ0v) is 12.1. The van der Waals surface area contributed by atoms with Crippen molar-refractivity contribution in [2.75, 3.05) is 27.3 Å². The number of ether oxygens (including phenoxy) is 2. The van der Waals surface area contributed by atoms with Crippen molar-refractivity contribution in [3.05, 3.63) is 21.9 Å². The number of hydrogen-bond donors (Lipinski definition) is 1. The molecule has 0 radical (unpaired) electrons. The molecular formula is C13H17BrFNO2. The molecule has 1 aromatic carbocycles. The van der Waals surface area contributed by atoms with Crippen molar-refractivity contribution in [3.8, 4) is 11.5 Å². The van der Waals surface area contributed by atoms with E-state index in [0.717, 1.165) is 31.5 Å². The molecule has 1 heterocycles. The Morgan fingerprint density at radius 2 is 2.06 bits per heavy atom. The lowest BCUT2D eigenvalue weighted by Gasteiger charge is -2.25. The summed E-state index contributed by atoms with van der Waals surface area (Å²) in [6.07, 6.45) is 2.14. The summed E-state index contributed by atoms with van der Waals surface area (Å²) >= 11 is 3.36. The predicted octanol–water partition coefficient (Wildman–Crippen LogP) is 3.07. The highest BCUT2D eigenvalue weighted by molar-refractivity contribution is 9.10. The minimum Gasteiger partial charge on any atom is -0.495 e. The highest BCUT2D eigenvalue weighted by Gasteiger charge is 2.24. The molecule has 0 saturated carbocycles. The molecule has 1 N–H and O–H groups in total. The molecule has 1 aliphatic heterocycles. The molecule has 0 bridgehead atoms. The first-order valence-electron chi connectivity index (χ1n) is 5.99. The fourth-order valence-corrected chi connectivity index (χ4v) is 3.16. The van der Waals surface area contributed by atoms with Crippen molar-refractivity contribution in [2.24, 2.45) is 0 Å². The van der Waals surface area contributed by atoms with Crippen LogP contribution in [0.25, 0.3) is 0 Å². The summed E-state index contributed by atoms with van der Waals surface area (Å²) in [4.78, 5) is 0. The molecule has 0 aromatic heterocycles. The SMILES string of the molecule is COc1c(F)cc(C2CCCNC2)c(OC)c1Br. The van der Waals surface area contributed by atoms with Gasteiger partial charge in [-0.05, 0) is 41.4 Å². The first-order valence-corrected chi connectivity index (χ1v) is 6.79. The van der Waals surface area contributed by atoms with Crippen LogP contribution in [0.3, 0.4) is 0 Å². The van der Waals surface area contributed by atoms with Gasteiger partial charge in [0.25, 0.3) is 0 Å². The Kier molecular flexibility index (Phi) is 4.45. The molecule has 1 atom stereocenters. The summed E-state index contributed by atoms with van der Waals surface area (Å²) in [5.41, 5.74) is 0.898. The van der Waals surface area contributed by atoms with E-state index in [1.165, 1.54) is 13.2 Å². The first kappa shape index (κ1) is 13.6. The molecule has 0 spiro atoms. The van der Waals surface area contributed by atoms with E-state index < -0.39 is 0 Å². The molecule has 5 heteroatoms. The number of methoxy groups -OCH3 is 2. The van der Waals surface area contributed by atoms with Crippen LogP contribution in [0.4, 0.5) is 4.39 Å². The minimum atomic E-state index is -0.356. The zero-order valence-electron chi connectivity index (χ0n) is 10.6. The highest BCUT2D eigenvalue weighted by atomic mass is 79.9. The number of rotatable bonds is 3. The van der Waals surface area contributed by atoms with Gasteiger partial charge in [0.2, 0.25) is 0 Å². The lowest BCUT2D eigenvalue weighted by Crippen LogP contribution is -2.28. The van der Waals surface area contributed by atoms with Crippen molar-refractivity contribution in [3.63, 3.8) is 0 Å². The molecule has 18 heavy (non-hydrogen) atoms. The average Bonchev–Trinajstić information content (AvgIpc) is 2.39. The standard InChI is InChI=1S/C13H17BrFNO2/c1-17-12-9(8-4-3-5-16-7-8)6-10(15)13(18-2)11(12)14/h6,8,16H,3-5,7H2,1-2H3. The van der Waals surface area contributed by atoms with Gasteiger partial charge in [0.1, 0.15) is 10.2 Å². The van der Waals surface area contributed by atoms with E-state index in [9.17, 15) is 4.39 Å². The molecule has 1 aromatic rings. The number of piperidine rings is 1. The van der Waals surface area contributed by atoms with Gasteiger partial charge in [-0.3, -0.25) is 0 Å². The van der Waals surface area contributed by atoms with Gasteiger partial charge in [0.15, 0.2) is 11.6 Å². The molecule has 1 unspecified atom stereocenters. The van der Waals surface area contributed by atoms with Crippen molar-refractivity contribution in [1.82, 2.24) is 5.32 Å². The molecular weight excluding hydrogens is 301 g/mol. The van der Waals surface area contributed by atoms with Crippen molar-refractivity contribution in [1.29, 1.82) is 0 Å². The van der Waals surface area contributed by atoms with Crippen LogP contribution >= 0.6 is 15.9 Å². The number of halogens is 2. The molecule has 100 valence electrons. The van der Waals surface area contributed by atoms with Gasteiger partial charge in [-0.25, -0.2) is 4.39 Å². The maximum absolute atomic E-state index is 14.0.